The molecular weight excluding hydrogens is 367 g/mol. The van der Waals surface area contributed by atoms with E-state index in [2.05, 4.69) is 10.3 Å². The summed E-state index contributed by atoms with van der Waals surface area (Å²) in [5.41, 5.74) is 1.48. The standard InChI is InChI=1S/C21H16ClFN2O2/c22-17-7-3-16(4-8-17)13-25-21(26)10-6-15-5-9-20(19(23)12-15)27-18-2-1-11-24-14-18/h1-12,14H,13H2,(H,25,26)/b10-6+. The summed E-state index contributed by atoms with van der Waals surface area (Å²) < 4.78 is 19.6. The molecule has 0 fully saturated rings. The second kappa shape index (κ2) is 8.96. The summed E-state index contributed by atoms with van der Waals surface area (Å²) in [6, 6.07) is 15.1. The quantitative estimate of drug-likeness (QED) is 0.610. The van der Waals surface area contributed by atoms with Gasteiger partial charge in [0.25, 0.3) is 0 Å². The maximum Gasteiger partial charge on any atom is 0.244 e. The molecule has 0 bridgehead atoms. The number of carbonyl (C=O) groups excluding carboxylic acids is 1. The Morgan fingerprint density at radius 2 is 2.00 bits per heavy atom. The Labute approximate surface area is 161 Å². The molecule has 0 unspecified atom stereocenters. The monoisotopic (exact) mass is 382 g/mol. The van der Waals surface area contributed by atoms with Gasteiger partial charge in [-0.05, 0) is 53.6 Å². The van der Waals surface area contributed by atoms with Crippen LogP contribution in [0.3, 0.4) is 0 Å². The van der Waals surface area contributed by atoms with Crippen LogP contribution in [0.1, 0.15) is 11.1 Å². The average molecular weight is 383 g/mol. The molecule has 6 heteroatoms. The van der Waals surface area contributed by atoms with Crippen LogP contribution >= 0.6 is 11.6 Å². The Kier molecular flexibility index (Phi) is 6.18. The smallest absolute Gasteiger partial charge is 0.244 e. The Morgan fingerprint density at radius 1 is 1.19 bits per heavy atom. The second-order valence-corrected chi connectivity index (χ2v) is 6.09. The van der Waals surface area contributed by atoms with Crippen molar-refractivity contribution >= 4 is 23.6 Å². The SMILES string of the molecule is O=C(/C=C/c1ccc(Oc2cccnc2)c(F)c1)NCc1ccc(Cl)cc1. The van der Waals surface area contributed by atoms with Crippen molar-refractivity contribution in [2.24, 2.45) is 0 Å². The van der Waals surface area contributed by atoms with Gasteiger partial charge >= 0.3 is 0 Å². The zero-order valence-corrected chi connectivity index (χ0v) is 15.0. The number of amides is 1. The lowest BCUT2D eigenvalue weighted by Gasteiger charge is -2.06. The largest absolute Gasteiger partial charge is 0.453 e. The summed E-state index contributed by atoms with van der Waals surface area (Å²) >= 11 is 5.82. The molecular formula is C21H16ClFN2O2. The van der Waals surface area contributed by atoms with Crippen molar-refractivity contribution in [2.75, 3.05) is 0 Å². The molecule has 3 rings (SSSR count). The number of rotatable bonds is 6. The highest BCUT2D eigenvalue weighted by Crippen LogP contribution is 2.24. The van der Waals surface area contributed by atoms with E-state index < -0.39 is 5.82 Å². The van der Waals surface area contributed by atoms with Gasteiger partial charge in [-0.15, -0.1) is 0 Å². The van der Waals surface area contributed by atoms with Crippen molar-refractivity contribution in [3.8, 4) is 11.5 Å². The lowest BCUT2D eigenvalue weighted by atomic mass is 10.2. The van der Waals surface area contributed by atoms with E-state index >= 15 is 0 Å². The predicted octanol–water partition coefficient (Wildman–Crippen LogP) is 5.00. The summed E-state index contributed by atoms with van der Waals surface area (Å²) in [5.74, 6) is -0.266. The van der Waals surface area contributed by atoms with Crippen LogP contribution < -0.4 is 10.1 Å². The number of nitrogens with one attached hydrogen (secondary N) is 1. The Bertz CT molecular complexity index is 944. The number of ether oxygens (including phenoxy) is 1. The van der Waals surface area contributed by atoms with Crippen molar-refractivity contribution in [3.05, 3.63) is 95.0 Å². The van der Waals surface area contributed by atoms with E-state index in [1.807, 2.05) is 12.1 Å². The molecule has 1 amide bonds. The van der Waals surface area contributed by atoms with Gasteiger partial charge in [-0.3, -0.25) is 9.78 Å². The molecule has 0 radical (unpaired) electrons. The number of aromatic nitrogens is 1. The van der Waals surface area contributed by atoms with Crippen molar-refractivity contribution in [1.29, 1.82) is 0 Å². The molecule has 0 aliphatic carbocycles. The van der Waals surface area contributed by atoms with Crippen LogP contribution in [-0.4, -0.2) is 10.9 Å². The maximum absolute atomic E-state index is 14.2. The Hall–Kier alpha value is -3.18. The number of carbonyl (C=O) groups is 1. The maximum atomic E-state index is 14.2. The molecule has 0 aliphatic heterocycles. The molecule has 0 saturated heterocycles. The average Bonchev–Trinajstić information content (AvgIpc) is 2.68. The molecule has 2 aromatic carbocycles. The molecule has 27 heavy (non-hydrogen) atoms. The van der Waals surface area contributed by atoms with Crippen LogP contribution in [0.2, 0.25) is 5.02 Å². The van der Waals surface area contributed by atoms with Gasteiger partial charge in [0.1, 0.15) is 5.75 Å². The normalized spacial score (nSPS) is 10.7. The minimum Gasteiger partial charge on any atom is -0.453 e. The molecule has 1 aromatic heterocycles. The van der Waals surface area contributed by atoms with Gasteiger partial charge in [0.2, 0.25) is 5.91 Å². The minimum atomic E-state index is -0.525. The fourth-order valence-electron chi connectivity index (χ4n) is 2.26. The Morgan fingerprint density at radius 3 is 2.70 bits per heavy atom. The van der Waals surface area contributed by atoms with E-state index in [1.165, 1.54) is 30.5 Å². The minimum absolute atomic E-state index is 0.0901. The molecule has 1 heterocycles. The van der Waals surface area contributed by atoms with Crippen molar-refractivity contribution in [2.45, 2.75) is 6.54 Å². The first kappa shape index (κ1) is 18.6. The van der Waals surface area contributed by atoms with Crippen molar-refractivity contribution < 1.29 is 13.9 Å². The first-order valence-corrected chi connectivity index (χ1v) is 8.56. The van der Waals surface area contributed by atoms with Crippen LogP contribution in [-0.2, 0) is 11.3 Å². The fraction of sp³-hybridized carbons (Fsp3) is 0.0476. The van der Waals surface area contributed by atoms with E-state index in [0.29, 0.717) is 22.9 Å². The molecule has 0 atom stereocenters. The van der Waals surface area contributed by atoms with E-state index in [1.54, 1.807) is 36.5 Å². The molecule has 3 aromatic rings. The van der Waals surface area contributed by atoms with E-state index in [-0.39, 0.29) is 11.7 Å². The summed E-state index contributed by atoms with van der Waals surface area (Å²) in [4.78, 5) is 15.8. The van der Waals surface area contributed by atoms with Gasteiger partial charge in [-0.1, -0.05) is 29.8 Å². The van der Waals surface area contributed by atoms with Crippen LogP contribution in [0.15, 0.2) is 73.1 Å². The fourth-order valence-corrected chi connectivity index (χ4v) is 2.39. The van der Waals surface area contributed by atoms with E-state index in [0.717, 1.165) is 5.56 Å². The third kappa shape index (κ3) is 5.66. The number of nitrogens with zero attached hydrogens (tertiary/aromatic N) is 1. The third-order valence-corrected chi connectivity index (χ3v) is 3.88. The van der Waals surface area contributed by atoms with Crippen molar-refractivity contribution in [3.63, 3.8) is 0 Å². The highest BCUT2D eigenvalue weighted by atomic mass is 35.5. The first-order chi connectivity index (χ1) is 13.1. The van der Waals surface area contributed by atoms with E-state index in [4.69, 9.17) is 16.3 Å². The molecule has 136 valence electrons. The number of hydrogen-bond acceptors (Lipinski definition) is 3. The molecule has 0 saturated carbocycles. The number of halogens is 2. The number of pyridine rings is 1. The molecule has 0 aliphatic rings. The summed E-state index contributed by atoms with van der Waals surface area (Å²) in [5, 5.41) is 3.39. The number of hydrogen-bond donors (Lipinski definition) is 1. The highest BCUT2D eigenvalue weighted by Gasteiger charge is 2.05. The van der Waals surface area contributed by atoms with Gasteiger partial charge in [-0.25, -0.2) is 4.39 Å². The van der Waals surface area contributed by atoms with Crippen LogP contribution in [0.25, 0.3) is 6.08 Å². The third-order valence-electron chi connectivity index (χ3n) is 3.63. The summed E-state index contributed by atoms with van der Waals surface area (Å²) in [7, 11) is 0. The lowest BCUT2D eigenvalue weighted by molar-refractivity contribution is -0.116. The first-order valence-electron chi connectivity index (χ1n) is 8.18. The highest BCUT2D eigenvalue weighted by molar-refractivity contribution is 6.30. The van der Waals surface area contributed by atoms with Crippen molar-refractivity contribution in [1.82, 2.24) is 10.3 Å². The Balaban J connectivity index is 1.57. The molecule has 4 nitrogen and oxygen atoms in total. The lowest BCUT2D eigenvalue weighted by Crippen LogP contribution is -2.20. The molecule has 1 N–H and O–H groups in total. The number of benzene rings is 2. The van der Waals surface area contributed by atoms with Gasteiger partial charge in [0, 0.05) is 23.8 Å². The van der Waals surface area contributed by atoms with E-state index in [9.17, 15) is 9.18 Å². The molecule has 0 spiro atoms. The van der Waals surface area contributed by atoms with Gasteiger partial charge < -0.3 is 10.1 Å². The van der Waals surface area contributed by atoms with Gasteiger partial charge in [0.05, 0.1) is 6.20 Å². The van der Waals surface area contributed by atoms with Gasteiger partial charge in [0.15, 0.2) is 11.6 Å². The summed E-state index contributed by atoms with van der Waals surface area (Å²) in [6.07, 6.45) is 5.99. The van der Waals surface area contributed by atoms with Crippen LogP contribution in [0.5, 0.6) is 11.5 Å². The zero-order chi connectivity index (χ0) is 19.1. The van der Waals surface area contributed by atoms with Crippen LogP contribution in [0.4, 0.5) is 4.39 Å². The van der Waals surface area contributed by atoms with Gasteiger partial charge in [-0.2, -0.15) is 0 Å². The zero-order valence-electron chi connectivity index (χ0n) is 14.2. The predicted molar refractivity (Wildman–Crippen MR) is 103 cm³/mol. The van der Waals surface area contributed by atoms with Crippen LogP contribution in [0, 0.1) is 5.82 Å². The summed E-state index contributed by atoms with van der Waals surface area (Å²) in [6.45, 7) is 0.382. The second-order valence-electron chi connectivity index (χ2n) is 5.66. The topological polar surface area (TPSA) is 51.2 Å².